The van der Waals surface area contributed by atoms with Crippen LogP contribution < -0.4 is 10.1 Å². The van der Waals surface area contributed by atoms with Crippen molar-refractivity contribution in [2.45, 2.75) is 19.4 Å². The van der Waals surface area contributed by atoms with Gasteiger partial charge in [-0.15, -0.1) is 0 Å². The first-order chi connectivity index (χ1) is 21.1. The van der Waals surface area contributed by atoms with Crippen molar-refractivity contribution in [1.82, 2.24) is 20.1 Å². The van der Waals surface area contributed by atoms with Gasteiger partial charge >= 0.3 is 18.0 Å². The third kappa shape index (κ3) is 7.72. The van der Waals surface area contributed by atoms with Crippen LogP contribution in [0, 0.1) is 5.92 Å². The minimum Gasteiger partial charge on any atom is -0.481 e. The van der Waals surface area contributed by atoms with E-state index < -0.39 is 41.9 Å². The zero-order chi connectivity index (χ0) is 31.8. The van der Waals surface area contributed by atoms with Crippen LogP contribution in [0.25, 0.3) is 10.9 Å². The maximum absolute atomic E-state index is 13.1. The number of carbonyl (C=O) groups is 5. The predicted octanol–water partition coefficient (Wildman–Crippen LogP) is 3.21. The number of hydrogen-bond acceptors (Lipinski definition) is 8. The van der Waals surface area contributed by atoms with Gasteiger partial charge in [0.2, 0.25) is 12.0 Å². The molecule has 0 aliphatic carbocycles. The molecule has 2 atom stereocenters. The lowest BCUT2D eigenvalue weighted by Gasteiger charge is -2.35. The summed E-state index contributed by atoms with van der Waals surface area (Å²) in [6.07, 6.45) is -2.07. The number of piperazine rings is 1. The van der Waals surface area contributed by atoms with Crippen molar-refractivity contribution in [3.8, 4) is 5.75 Å². The number of pyridine rings is 1. The lowest BCUT2D eigenvalue weighted by Crippen LogP contribution is -2.53. The Morgan fingerprint density at radius 1 is 0.955 bits per heavy atom. The smallest absolute Gasteiger partial charge is 0.409 e. The Hall–Kier alpha value is -4.91. The standard InChI is InChI=1S/C30H31ClN4O9/c1-2-43-30(42)35-14-12-34(13-15-35)27(37)21(28(38)39)10-11-32-26(36)23-17-24(20-9-8-19(31)16-22(20)33-23)44-25(29(40)41)18-6-4-3-5-7-18/h3-9,16-17,21,25H,2,10-15H2,1H3,(H,32,36)(H,38,39)(H,40,41). The Balaban J connectivity index is 1.46. The normalized spacial score (nSPS) is 14.4. The molecule has 1 aliphatic rings. The van der Waals surface area contributed by atoms with Crippen LogP contribution in [0.4, 0.5) is 4.79 Å². The van der Waals surface area contributed by atoms with Crippen LogP contribution in [0.3, 0.4) is 0 Å². The van der Waals surface area contributed by atoms with Gasteiger partial charge in [-0.25, -0.2) is 14.6 Å². The van der Waals surface area contributed by atoms with E-state index in [-0.39, 0.29) is 62.7 Å². The topological polar surface area (TPSA) is 176 Å². The molecule has 4 rings (SSSR count). The van der Waals surface area contributed by atoms with E-state index in [9.17, 15) is 34.2 Å². The highest BCUT2D eigenvalue weighted by molar-refractivity contribution is 6.31. The highest BCUT2D eigenvalue weighted by Crippen LogP contribution is 2.32. The average molecular weight is 627 g/mol. The summed E-state index contributed by atoms with van der Waals surface area (Å²) in [5.74, 6) is -5.24. The van der Waals surface area contributed by atoms with E-state index in [0.29, 0.717) is 16.0 Å². The summed E-state index contributed by atoms with van der Waals surface area (Å²) < 4.78 is 10.9. The van der Waals surface area contributed by atoms with Crippen molar-refractivity contribution in [2.24, 2.45) is 5.92 Å². The van der Waals surface area contributed by atoms with E-state index in [1.807, 2.05) is 0 Å². The summed E-state index contributed by atoms with van der Waals surface area (Å²) in [6, 6.07) is 14.3. The summed E-state index contributed by atoms with van der Waals surface area (Å²) >= 11 is 6.14. The van der Waals surface area contributed by atoms with E-state index in [2.05, 4.69) is 10.3 Å². The number of carboxylic acid groups (broad SMARTS) is 2. The number of ether oxygens (including phenoxy) is 2. The number of rotatable bonds is 11. The number of halogens is 1. The fourth-order valence-corrected chi connectivity index (χ4v) is 4.88. The molecule has 1 aliphatic heterocycles. The van der Waals surface area contributed by atoms with Crippen LogP contribution in [-0.4, -0.2) is 94.2 Å². The Labute approximate surface area is 257 Å². The fourth-order valence-electron chi connectivity index (χ4n) is 4.72. The molecular formula is C30H31ClN4O9. The summed E-state index contributed by atoms with van der Waals surface area (Å²) in [5, 5.41) is 22.9. The molecule has 0 radical (unpaired) electrons. The summed E-state index contributed by atoms with van der Waals surface area (Å²) in [4.78, 5) is 69.2. The molecule has 2 heterocycles. The van der Waals surface area contributed by atoms with E-state index in [4.69, 9.17) is 21.1 Å². The van der Waals surface area contributed by atoms with Crippen LogP contribution in [0.1, 0.15) is 35.5 Å². The SMILES string of the molecule is CCOC(=O)N1CCN(C(=O)C(CCNC(=O)c2cc(OC(C(=O)O)c3ccccc3)c3ccc(Cl)cc3n2)C(=O)O)CC1. The number of hydrogen-bond donors (Lipinski definition) is 3. The van der Waals surface area contributed by atoms with Gasteiger partial charge in [0.1, 0.15) is 17.4 Å². The largest absolute Gasteiger partial charge is 0.481 e. The summed E-state index contributed by atoms with van der Waals surface area (Å²) in [7, 11) is 0. The molecule has 1 fully saturated rings. The minimum atomic E-state index is -1.42. The van der Waals surface area contributed by atoms with Crippen molar-refractivity contribution in [1.29, 1.82) is 0 Å². The molecule has 2 aromatic carbocycles. The van der Waals surface area contributed by atoms with Crippen LogP contribution in [-0.2, 0) is 19.1 Å². The number of aliphatic carboxylic acids is 2. The maximum Gasteiger partial charge on any atom is 0.409 e. The zero-order valence-corrected chi connectivity index (χ0v) is 24.5. The van der Waals surface area contributed by atoms with Gasteiger partial charge in [-0.3, -0.25) is 14.4 Å². The fraction of sp³-hybridized carbons (Fsp3) is 0.333. The molecule has 0 spiro atoms. The quantitative estimate of drug-likeness (QED) is 0.268. The first kappa shape index (κ1) is 32.0. The minimum absolute atomic E-state index is 0.0774. The summed E-state index contributed by atoms with van der Waals surface area (Å²) in [6.45, 7) is 2.47. The molecule has 232 valence electrons. The molecule has 0 bridgehead atoms. The molecule has 3 N–H and O–H groups in total. The first-order valence-corrected chi connectivity index (χ1v) is 14.2. The van der Waals surface area contributed by atoms with Crippen molar-refractivity contribution >= 4 is 52.4 Å². The zero-order valence-electron chi connectivity index (χ0n) is 23.8. The predicted molar refractivity (Wildman–Crippen MR) is 157 cm³/mol. The molecule has 13 nitrogen and oxygen atoms in total. The highest BCUT2D eigenvalue weighted by atomic mass is 35.5. The molecule has 1 aromatic heterocycles. The van der Waals surface area contributed by atoms with Crippen molar-refractivity contribution < 1.29 is 43.7 Å². The van der Waals surface area contributed by atoms with Gasteiger partial charge in [0.05, 0.1) is 12.1 Å². The molecular weight excluding hydrogens is 596 g/mol. The van der Waals surface area contributed by atoms with Crippen LogP contribution in [0.5, 0.6) is 5.75 Å². The van der Waals surface area contributed by atoms with E-state index in [1.54, 1.807) is 49.4 Å². The third-order valence-electron chi connectivity index (χ3n) is 6.97. The highest BCUT2D eigenvalue weighted by Gasteiger charge is 2.33. The van der Waals surface area contributed by atoms with E-state index >= 15 is 0 Å². The summed E-state index contributed by atoms with van der Waals surface area (Å²) in [5.41, 5.74) is 0.537. The Morgan fingerprint density at radius 2 is 1.64 bits per heavy atom. The molecule has 3 aromatic rings. The first-order valence-electron chi connectivity index (χ1n) is 13.8. The number of nitrogens with zero attached hydrogens (tertiary/aromatic N) is 3. The van der Waals surface area contributed by atoms with Gasteiger partial charge < -0.3 is 34.8 Å². The number of fused-ring (bicyclic) bond motifs is 1. The lowest BCUT2D eigenvalue weighted by molar-refractivity contribution is -0.152. The molecule has 14 heteroatoms. The maximum atomic E-state index is 13.1. The Morgan fingerprint density at radius 3 is 2.27 bits per heavy atom. The number of carbonyl (C=O) groups excluding carboxylic acids is 3. The van der Waals surface area contributed by atoms with Gasteiger partial charge in [0.25, 0.3) is 5.91 Å². The molecule has 44 heavy (non-hydrogen) atoms. The van der Waals surface area contributed by atoms with Gasteiger partial charge in [-0.2, -0.15) is 0 Å². The van der Waals surface area contributed by atoms with Crippen molar-refractivity contribution in [3.05, 3.63) is 70.9 Å². The van der Waals surface area contributed by atoms with Gasteiger partial charge in [-0.05, 0) is 31.5 Å². The van der Waals surface area contributed by atoms with Crippen LogP contribution in [0.15, 0.2) is 54.6 Å². The second-order valence-electron chi connectivity index (χ2n) is 9.86. The van der Waals surface area contributed by atoms with Crippen LogP contribution in [0.2, 0.25) is 5.02 Å². The number of benzene rings is 2. The molecule has 3 amide bonds. The third-order valence-corrected chi connectivity index (χ3v) is 7.21. The molecule has 0 saturated carbocycles. The van der Waals surface area contributed by atoms with Crippen molar-refractivity contribution in [3.63, 3.8) is 0 Å². The number of aromatic nitrogens is 1. The lowest BCUT2D eigenvalue weighted by atomic mass is 10.0. The molecule has 2 unspecified atom stereocenters. The number of carboxylic acids is 2. The number of nitrogens with one attached hydrogen (secondary N) is 1. The van der Waals surface area contributed by atoms with Crippen molar-refractivity contribution in [2.75, 3.05) is 39.3 Å². The Bertz CT molecular complexity index is 1540. The number of amides is 3. The van der Waals surface area contributed by atoms with E-state index in [1.165, 1.54) is 21.9 Å². The van der Waals surface area contributed by atoms with Gasteiger partial charge in [0, 0.05) is 54.8 Å². The average Bonchev–Trinajstić information content (AvgIpc) is 3.01. The van der Waals surface area contributed by atoms with Gasteiger partial charge in [0.15, 0.2) is 0 Å². The van der Waals surface area contributed by atoms with Crippen LogP contribution >= 0.6 is 11.6 Å². The molecule has 1 saturated heterocycles. The van der Waals surface area contributed by atoms with E-state index in [0.717, 1.165) is 0 Å². The van der Waals surface area contributed by atoms with Gasteiger partial charge in [-0.1, -0.05) is 41.9 Å². The monoisotopic (exact) mass is 626 g/mol. The second-order valence-corrected chi connectivity index (χ2v) is 10.3. The Kier molecular flexibility index (Phi) is 10.6. The second kappa shape index (κ2) is 14.5.